The van der Waals surface area contributed by atoms with E-state index in [0.29, 0.717) is 0 Å². The minimum atomic E-state index is -0.177. The Labute approximate surface area is 66.6 Å². The second-order valence-corrected chi connectivity index (χ2v) is 4.08. The van der Waals surface area contributed by atoms with Crippen LogP contribution in [0.2, 0.25) is 0 Å². The lowest BCUT2D eigenvalue weighted by Gasteiger charge is -2.16. The lowest BCUT2D eigenvalue weighted by Crippen LogP contribution is -2.09. The number of aromatic nitrogens is 1. The molecule has 2 heteroatoms. The quantitative estimate of drug-likeness (QED) is 0.641. The molecule has 11 heavy (non-hydrogen) atoms. The summed E-state index contributed by atoms with van der Waals surface area (Å²) in [4.78, 5) is 2.89. The number of hydrogen-bond acceptors (Lipinski definition) is 0. The molecule has 1 N–H and O–H groups in total. The molecule has 0 saturated heterocycles. The van der Waals surface area contributed by atoms with E-state index in [2.05, 4.69) is 25.8 Å². The van der Waals surface area contributed by atoms with Crippen LogP contribution in [0, 0.1) is 11.2 Å². The van der Waals surface area contributed by atoms with E-state index in [9.17, 15) is 4.39 Å². The molecule has 0 aliphatic rings. The van der Waals surface area contributed by atoms with Crippen molar-refractivity contribution in [2.45, 2.75) is 27.2 Å². The molecule has 0 aliphatic carbocycles. The van der Waals surface area contributed by atoms with Gasteiger partial charge >= 0.3 is 0 Å². The predicted octanol–water partition coefficient (Wildman–Crippen LogP) is 2.74. The number of hydrogen-bond donors (Lipinski definition) is 1. The highest BCUT2D eigenvalue weighted by Crippen LogP contribution is 2.19. The van der Waals surface area contributed by atoms with Crippen LogP contribution in [0.1, 0.15) is 26.5 Å². The average Bonchev–Trinajstić information content (AvgIpc) is 2.10. The first kappa shape index (κ1) is 8.31. The summed E-state index contributed by atoms with van der Waals surface area (Å²) in [6.07, 6.45) is 2.28. The highest BCUT2D eigenvalue weighted by Gasteiger charge is 2.12. The second kappa shape index (κ2) is 2.68. The highest BCUT2D eigenvalue weighted by molar-refractivity contribution is 5.07. The Bertz CT molecular complexity index is 232. The lowest BCUT2D eigenvalue weighted by atomic mass is 9.91. The molecule has 1 nitrogen and oxygen atoms in total. The van der Waals surface area contributed by atoms with Crippen molar-refractivity contribution in [3.8, 4) is 0 Å². The molecule has 1 aromatic rings. The zero-order chi connectivity index (χ0) is 8.48. The van der Waals surface area contributed by atoms with Crippen molar-refractivity contribution in [1.82, 2.24) is 4.98 Å². The molecule has 0 fully saturated rings. The Morgan fingerprint density at radius 3 is 2.45 bits per heavy atom. The Hall–Kier alpha value is -0.790. The Morgan fingerprint density at radius 2 is 2.09 bits per heavy atom. The average molecular weight is 155 g/mol. The van der Waals surface area contributed by atoms with Crippen molar-refractivity contribution in [1.29, 1.82) is 0 Å². The molecule has 1 rings (SSSR count). The molecule has 1 aromatic heterocycles. The first-order chi connectivity index (χ1) is 4.97. The van der Waals surface area contributed by atoms with Crippen molar-refractivity contribution >= 4 is 0 Å². The molecule has 0 atom stereocenters. The molecule has 0 spiro atoms. The number of halogens is 1. The van der Waals surface area contributed by atoms with Gasteiger partial charge in [0.2, 0.25) is 0 Å². The van der Waals surface area contributed by atoms with Crippen LogP contribution in [0.4, 0.5) is 4.39 Å². The number of H-pyrrole nitrogens is 1. The van der Waals surface area contributed by atoms with Crippen LogP contribution >= 0.6 is 0 Å². The van der Waals surface area contributed by atoms with Crippen LogP contribution in [-0.4, -0.2) is 4.98 Å². The Kier molecular flexibility index (Phi) is 2.03. The van der Waals surface area contributed by atoms with Crippen molar-refractivity contribution in [3.05, 3.63) is 23.8 Å². The molecule has 0 bridgehead atoms. The Morgan fingerprint density at radius 1 is 1.45 bits per heavy atom. The van der Waals surface area contributed by atoms with Gasteiger partial charge in [-0.2, -0.15) is 0 Å². The van der Waals surface area contributed by atoms with E-state index in [0.717, 1.165) is 12.1 Å². The van der Waals surface area contributed by atoms with E-state index in [1.165, 1.54) is 6.20 Å². The van der Waals surface area contributed by atoms with Crippen LogP contribution in [0.25, 0.3) is 0 Å². The first-order valence-corrected chi connectivity index (χ1v) is 3.80. The van der Waals surface area contributed by atoms with Crippen LogP contribution < -0.4 is 0 Å². The summed E-state index contributed by atoms with van der Waals surface area (Å²) in [7, 11) is 0. The van der Waals surface area contributed by atoms with Gasteiger partial charge in [0.15, 0.2) is 0 Å². The lowest BCUT2D eigenvalue weighted by molar-refractivity contribution is 0.407. The SMILES string of the molecule is CC(C)(C)Cc1cc(F)c[nH]1. The van der Waals surface area contributed by atoms with Crippen LogP contribution in [-0.2, 0) is 6.42 Å². The fraction of sp³-hybridized carbons (Fsp3) is 0.556. The summed E-state index contributed by atoms with van der Waals surface area (Å²) in [6.45, 7) is 6.39. The third kappa shape index (κ3) is 2.74. The topological polar surface area (TPSA) is 15.8 Å². The minimum Gasteiger partial charge on any atom is -0.362 e. The largest absolute Gasteiger partial charge is 0.362 e. The van der Waals surface area contributed by atoms with Crippen LogP contribution in [0.3, 0.4) is 0 Å². The third-order valence-corrected chi connectivity index (χ3v) is 1.43. The van der Waals surface area contributed by atoms with Gasteiger partial charge in [0.25, 0.3) is 0 Å². The van der Waals surface area contributed by atoms with Gasteiger partial charge < -0.3 is 4.98 Å². The van der Waals surface area contributed by atoms with Gasteiger partial charge in [0.1, 0.15) is 5.82 Å². The first-order valence-electron chi connectivity index (χ1n) is 3.80. The van der Waals surface area contributed by atoms with E-state index in [1.54, 1.807) is 6.07 Å². The number of aromatic amines is 1. The number of rotatable bonds is 1. The van der Waals surface area contributed by atoms with E-state index in [1.807, 2.05) is 0 Å². The van der Waals surface area contributed by atoms with Crippen molar-refractivity contribution in [3.63, 3.8) is 0 Å². The van der Waals surface area contributed by atoms with Crippen LogP contribution in [0.5, 0.6) is 0 Å². The van der Waals surface area contributed by atoms with Gasteiger partial charge in [0, 0.05) is 11.9 Å². The fourth-order valence-corrected chi connectivity index (χ4v) is 1.08. The molecule has 0 amide bonds. The monoisotopic (exact) mass is 155 g/mol. The van der Waals surface area contributed by atoms with Crippen LogP contribution in [0.15, 0.2) is 12.3 Å². The van der Waals surface area contributed by atoms with Gasteiger partial charge in [-0.3, -0.25) is 0 Å². The maximum Gasteiger partial charge on any atom is 0.140 e. The maximum absolute atomic E-state index is 12.5. The molecule has 62 valence electrons. The molecule has 0 saturated carbocycles. The van der Waals surface area contributed by atoms with Crippen molar-refractivity contribution in [2.75, 3.05) is 0 Å². The molecule has 1 heterocycles. The maximum atomic E-state index is 12.5. The smallest absolute Gasteiger partial charge is 0.140 e. The third-order valence-electron chi connectivity index (χ3n) is 1.43. The zero-order valence-corrected chi connectivity index (χ0v) is 7.24. The highest BCUT2D eigenvalue weighted by atomic mass is 19.1. The van der Waals surface area contributed by atoms with E-state index < -0.39 is 0 Å². The van der Waals surface area contributed by atoms with Gasteiger partial charge in [0.05, 0.1) is 0 Å². The van der Waals surface area contributed by atoms with Gasteiger partial charge in [-0.25, -0.2) is 4.39 Å². The van der Waals surface area contributed by atoms with Gasteiger partial charge in [-0.1, -0.05) is 20.8 Å². The standard InChI is InChI=1S/C9H14FN/c1-9(2,3)5-8-4-7(10)6-11-8/h4,6,11H,5H2,1-3H3. The number of nitrogens with one attached hydrogen (secondary N) is 1. The molecular formula is C9H14FN. The van der Waals surface area contributed by atoms with Crippen molar-refractivity contribution in [2.24, 2.45) is 5.41 Å². The summed E-state index contributed by atoms with van der Waals surface area (Å²) < 4.78 is 12.5. The molecule has 0 radical (unpaired) electrons. The van der Waals surface area contributed by atoms with E-state index in [-0.39, 0.29) is 11.2 Å². The molecule has 0 unspecified atom stereocenters. The zero-order valence-electron chi connectivity index (χ0n) is 7.24. The van der Waals surface area contributed by atoms with Gasteiger partial charge in [-0.05, 0) is 17.9 Å². The molecule has 0 aliphatic heterocycles. The minimum absolute atomic E-state index is 0.177. The molecular weight excluding hydrogens is 141 g/mol. The normalized spacial score (nSPS) is 12.0. The summed E-state index contributed by atoms with van der Waals surface area (Å²) in [5.41, 5.74) is 1.19. The fourth-order valence-electron chi connectivity index (χ4n) is 1.08. The second-order valence-electron chi connectivity index (χ2n) is 4.08. The molecule has 0 aromatic carbocycles. The van der Waals surface area contributed by atoms with E-state index >= 15 is 0 Å². The predicted molar refractivity (Wildman–Crippen MR) is 43.9 cm³/mol. The summed E-state index contributed by atoms with van der Waals surface area (Å²) in [5, 5.41) is 0. The van der Waals surface area contributed by atoms with Crippen molar-refractivity contribution < 1.29 is 4.39 Å². The summed E-state index contributed by atoms with van der Waals surface area (Å²) in [6, 6.07) is 1.55. The Balaban J connectivity index is 2.65. The van der Waals surface area contributed by atoms with Gasteiger partial charge in [-0.15, -0.1) is 0 Å². The van der Waals surface area contributed by atoms with E-state index in [4.69, 9.17) is 0 Å². The summed E-state index contributed by atoms with van der Waals surface area (Å²) >= 11 is 0. The summed E-state index contributed by atoms with van der Waals surface area (Å²) in [5.74, 6) is -0.177.